The number of carbonyl (C=O) groups is 1. The number of rotatable bonds is 5. The maximum absolute atomic E-state index is 12.1. The number of benzene rings is 3. The number of hydrogen-bond acceptors (Lipinski definition) is 6. The molecular weight excluding hydrogens is 430 g/mol. The molecule has 1 unspecified atom stereocenters. The summed E-state index contributed by atoms with van der Waals surface area (Å²) in [6.07, 6.45) is -0.908. The Morgan fingerprint density at radius 3 is 2.59 bits per heavy atom. The third-order valence-corrected chi connectivity index (χ3v) is 5.71. The van der Waals surface area contributed by atoms with E-state index in [4.69, 9.17) is 20.5 Å². The summed E-state index contributed by atoms with van der Waals surface area (Å²) in [5.41, 5.74) is 8.32. The molecule has 1 aliphatic heterocycles. The highest BCUT2D eigenvalue weighted by atomic mass is 16.6. The van der Waals surface area contributed by atoms with Crippen molar-refractivity contribution in [2.24, 2.45) is 0 Å². The Morgan fingerprint density at radius 2 is 1.88 bits per heavy atom. The summed E-state index contributed by atoms with van der Waals surface area (Å²) < 4.78 is 11.4. The highest BCUT2D eigenvalue weighted by Gasteiger charge is 2.35. The molecule has 1 amide bonds. The molecule has 0 saturated carbocycles. The van der Waals surface area contributed by atoms with E-state index in [9.17, 15) is 9.90 Å². The fourth-order valence-electron chi connectivity index (χ4n) is 3.88. The van der Waals surface area contributed by atoms with Crippen molar-refractivity contribution < 1.29 is 19.4 Å². The van der Waals surface area contributed by atoms with Gasteiger partial charge in [-0.2, -0.15) is 5.26 Å². The largest absolute Gasteiger partial charge is 0.487 e. The predicted molar refractivity (Wildman–Crippen MR) is 130 cm³/mol. The average Bonchev–Trinajstić information content (AvgIpc) is 2.75. The lowest BCUT2D eigenvalue weighted by Crippen LogP contribution is -2.57. The van der Waals surface area contributed by atoms with Gasteiger partial charge in [0.1, 0.15) is 17.5 Å². The number of hydrogen-bond donors (Lipinski definition) is 2. The molecule has 3 aromatic carbocycles. The van der Waals surface area contributed by atoms with Gasteiger partial charge in [-0.25, -0.2) is 4.79 Å². The van der Waals surface area contributed by atoms with Gasteiger partial charge in [0.2, 0.25) is 0 Å². The van der Waals surface area contributed by atoms with Crippen LogP contribution in [0.2, 0.25) is 0 Å². The van der Waals surface area contributed by atoms with Crippen LogP contribution in [0.1, 0.15) is 43.6 Å². The van der Waals surface area contributed by atoms with Gasteiger partial charge in [-0.15, -0.1) is 0 Å². The highest BCUT2D eigenvalue weighted by Crippen LogP contribution is 2.29. The quantitative estimate of drug-likeness (QED) is 0.541. The van der Waals surface area contributed by atoms with Crippen molar-refractivity contribution in [3.63, 3.8) is 0 Å². The predicted octanol–water partition coefficient (Wildman–Crippen LogP) is 4.57. The van der Waals surface area contributed by atoms with Gasteiger partial charge in [-0.3, -0.25) is 0 Å². The summed E-state index contributed by atoms with van der Waals surface area (Å²) in [5.74, 6) is 0.641. The fraction of sp³-hybridized carbons (Fsp3) is 0.333. The zero-order chi connectivity index (χ0) is 24.5. The van der Waals surface area contributed by atoms with Crippen LogP contribution in [-0.4, -0.2) is 40.9 Å². The zero-order valence-electron chi connectivity index (χ0n) is 19.6. The van der Waals surface area contributed by atoms with Gasteiger partial charge in [-0.05, 0) is 79.1 Å². The first kappa shape index (κ1) is 23.4. The van der Waals surface area contributed by atoms with Crippen molar-refractivity contribution in [1.82, 2.24) is 4.90 Å². The summed E-state index contributed by atoms with van der Waals surface area (Å²) in [7, 11) is 0. The zero-order valence-corrected chi connectivity index (χ0v) is 19.6. The second kappa shape index (κ2) is 9.24. The molecule has 1 fully saturated rings. The van der Waals surface area contributed by atoms with Crippen molar-refractivity contribution in [1.29, 1.82) is 5.26 Å². The number of likely N-dealkylation sites (tertiary alicyclic amines) is 1. The first-order valence-corrected chi connectivity index (χ1v) is 11.3. The first-order valence-electron chi connectivity index (χ1n) is 11.3. The first-order chi connectivity index (χ1) is 16.1. The number of nitrogen functional groups attached to an aromatic ring is 1. The molecule has 7 heteroatoms. The normalized spacial score (nSPS) is 14.9. The van der Waals surface area contributed by atoms with E-state index >= 15 is 0 Å². The molecule has 0 aromatic heterocycles. The lowest BCUT2D eigenvalue weighted by Gasteiger charge is -2.39. The molecule has 3 aromatic rings. The average molecular weight is 460 g/mol. The maximum atomic E-state index is 12.1. The van der Waals surface area contributed by atoms with Crippen molar-refractivity contribution in [2.45, 2.75) is 45.0 Å². The summed E-state index contributed by atoms with van der Waals surface area (Å²) in [5, 5.41) is 21.9. The number of anilines is 1. The summed E-state index contributed by atoms with van der Waals surface area (Å²) in [6.45, 7) is 6.43. The van der Waals surface area contributed by atoms with Gasteiger partial charge in [0.05, 0.1) is 30.8 Å². The van der Waals surface area contributed by atoms with Crippen molar-refractivity contribution in [2.75, 3.05) is 18.8 Å². The van der Waals surface area contributed by atoms with Crippen molar-refractivity contribution in [3.8, 4) is 11.8 Å². The monoisotopic (exact) mass is 459 g/mol. The lowest BCUT2D eigenvalue weighted by molar-refractivity contribution is -0.0221. The number of carbonyl (C=O) groups excluding carboxylic acids is 1. The maximum Gasteiger partial charge on any atom is 0.410 e. The number of aliphatic hydroxyl groups is 1. The number of nitriles is 1. The van der Waals surface area contributed by atoms with Gasteiger partial charge < -0.3 is 25.2 Å². The number of amides is 1. The van der Waals surface area contributed by atoms with Crippen LogP contribution in [0.5, 0.6) is 5.75 Å². The van der Waals surface area contributed by atoms with Crippen molar-refractivity contribution in [3.05, 3.63) is 71.3 Å². The SMILES string of the molecule is CC(C)(C)OC(=O)N1CC(Oc2ccc(N)c(CC(O)c3ccc4ccc(C#N)cc4c3)c2)C1. The summed E-state index contributed by atoms with van der Waals surface area (Å²) in [6, 6.07) is 18.7. The molecule has 1 atom stereocenters. The van der Waals surface area contributed by atoms with E-state index in [0.717, 1.165) is 21.9 Å². The van der Waals surface area contributed by atoms with Crippen LogP contribution in [0.3, 0.4) is 0 Å². The molecule has 0 radical (unpaired) electrons. The Labute approximate surface area is 199 Å². The molecule has 7 nitrogen and oxygen atoms in total. The number of aliphatic hydroxyl groups excluding tert-OH is 1. The number of nitrogens with zero attached hydrogens (tertiary/aromatic N) is 2. The van der Waals surface area contributed by atoms with Gasteiger partial charge >= 0.3 is 6.09 Å². The van der Waals surface area contributed by atoms with Gasteiger partial charge in [0.15, 0.2) is 0 Å². The van der Waals surface area contributed by atoms with Crippen LogP contribution >= 0.6 is 0 Å². The molecule has 0 spiro atoms. The van der Waals surface area contributed by atoms with Crippen LogP contribution in [0, 0.1) is 11.3 Å². The number of fused-ring (bicyclic) bond motifs is 1. The van der Waals surface area contributed by atoms with E-state index in [1.165, 1.54) is 0 Å². The highest BCUT2D eigenvalue weighted by molar-refractivity contribution is 5.84. The van der Waals surface area contributed by atoms with Crippen LogP contribution in [0.15, 0.2) is 54.6 Å². The topological polar surface area (TPSA) is 109 Å². The van der Waals surface area contributed by atoms with E-state index in [-0.39, 0.29) is 12.2 Å². The number of ether oxygens (including phenoxy) is 2. The molecule has 3 N–H and O–H groups in total. The van der Waals surface area contributed by atoms with Crippen LogP contribution in [0.4, 0.5) is 10.5 Å². The minimum Gasteiger partial charge on any atom is -0.487 e. The summed E-state index contributed by atoms with van der Waals surface area (Å²) in [4.78, 5) is 13.7. The van der Waals surface area contributed by atoms with Gasteiger partial charge in [0.25, 0.3) is 0 Å². The third-order valence-electron chi connectivity index (χ3n) is 5.71. The Bertz CT molecular complexity index is 1250. The van der Waals surface area contributed by atoms with E-state index in [1.54, 1.807) is 23.1 Å². The molecule has 4 rings (SSSR count). The molecule has 1 heterocycles. The third kappa shape index (κ3) is 5.41. The van der Waals surface area contributed by atoms with Crippen LogP contribution in [0.25, 0.3) is 10.8 Å². The van der Waals surface area contributed by atoms with Gasteiger partial charge in [-0.1, -0.05) is 18.2 Å². The fourth-order valence-corrected chi connectivity index (χ4v) is 3.88. The molecular formula is C27H29N3O4. The standard InChI is InChI=1S/C27H29N3O4/c1-27(2,3)34-26(32)30-15-23(16-30)33-22-8-9-24(29)21(12-22)13-25(31)19-7-6-18-5-4-17(14-28)10-20(18)11-19/h4-12,23,25,31H,13,15-16,29H2,1-3H3. The molecule has 1 saturated heterocycles. The Morgan fingerprint density at radius 1 is 1.15 bits per heavy atom. The molecule has 0 bridgehead atoms. The lowest BCUT2D eigenvalue weighted by atomic mass is 9.97. The van der Waals surface area contributed by atoms with E-state index in [0.29, 0.717) is 36.5 Å². The van der Waals surface area contributed by atoms with Crippen molar-refractivity contribution >= 4 is 22.6 Å². The van der Waals surface area contributed by atoms with Crippen LogP contribution in [-0.2, 0) is 11.2 Å². The Balaban J connectivity index is 1.40. The molecule has 176 valence electrons. The van der Waals surface area contributed by atoms with Crippen LogP contribution < -0.4 is 10.5 Å². The number of nitrogens with two attached hydrogens (primary N) is 1. The summed E-state index contributed by atoms with van der Waals surface area (Å²) >= 11 is 0. The minimum absolute atomic E-state index is 0.122. The Kier molecular flexibility index (Phi) is 6.36. The second-order valence-electron chi connectivity index (χ2n) is 9.64. The molecule has 1 aliphatic rings. The molecule has 34 heavy (non-hydrogen) atoms. The Hall–Kier alpha value is -3.76. The smallest absolute Gasteiger partial charge is 0.410 e. The minimum atomic E-state index is -0.765. The second-order valence-corrected chi connectivity index (χ2v) is 9.64. The van der Waals surface area contributed by atoms with E-state index in [1.807, 2.05) is 57.2 Å². The van der Waals surface area contributed by atoms with E-state index < -0.39 is 11.7 Å². The molecule has 0 aliphatic carbocycles. The van der Waals surface area contributed by atoms with E-state index in [2.05, 4.69) is 6.07 Å². The van der Waals surface area contributed by atoms with Gasteiger partial charge in [0, 0.05) is 12.1 Å².